The van der Waals surface area contributed by atoms with Crippen LogP contribution in [-0.4, -0.2) is 41.0 Å². The Bertz CT molecular complexity index is 871. The monoisotopic (exact) mass is 421 g/mol. The van der Waals surface area contributed by atoms with E-state index < -0.39 is 0 Å². The zero-order valence-corrected chi connectivity index (χ0v) is 18.1. The Morgan fingerprint density at radius 3 is 2.39 bits per heavy atom. The van der Waals surface area contributed by atoms with Crippen LogP contribution in [0.4, 0.5) is 0 Å². The number of pyridine rings is 1. The molecule has 1 aromatic heterocycles. The van der Waals surface area contributed by atoms with Crippen LogP contribution in [0.2, 0.25) is 0 Å². The van der Waals surface area contributed by atoms with Crippen molar-refractivity contribution in [2.45, 2.75) is 69.5 Å². The van der Waals surface area contributed by atoms with Gasteiger partial charge in [-0.3, -0.25) is 9.78 Å². The van der Waals surface area contributed by atoms with Crippen molar-refractivity contribution in [1.29, 1.82) is 0 Å². The van der Waals surface area contributed by atoms with Crippen molar-refractivity contribution in [2.75, 3.05) is 7.05 Å². The normalized spacial score (nSPS) is 25.7. The quantitative estimate of drug-likeness (QED) is 0.785. The molecule has 1 aliphatic carbocycles. The van der Waals surface area contributed by atoms with Gasteiger partial charge < -0.3 is 10.2 Å². The van der Waals surface area contributed by atoms with E-state index in [0.717, 1.165) is 35.0 Å². The second-order valence-electron chi connectivity index (χ2n) is 8.57. The molecule has 3 aliphatic rings. The number of halogens is 2. The molecule has 5 rings (SSSR count). The molecule has 3 fully saturated rings. The van der Waals surface area contributed by atoms with Gasteiger partial charge in [-0.1, -0.05) is 11.6 Å². The summed E-state index contributed by atoms with van der Waals surface area (Å²) in [6, 6.07) is 9.88. The van der Waals surface area contributed by atoms with E-state index in [1.165, 1.54) is 31.2 Å². The maximum atomic E-state index is 13.5. The van der Waals surface area contributed by atoms with Crippen molar-refractivity contribution in [3.63, 3.8) is 0 Å². The summed E-state index contributed by atoms with van der Waals surface area (Å²) in [5.74, 6) is 0.712. The molecule has 1 amide bonds. The summed E-state index contributed by atoms with van der Waals surface area (Å²) >= 11 is 0. The smallest absolute Gasteiger partial charge is 0.254 e. The Morgan fingerprint density at radius 1 is 1.07 bits per heavy atom. The molecule has 2 saturated heterocycles. The number of carbonyl (C=O) groups excluding carboxylic acids is 1. The van der Waals surface area contributed by atoms with E-state index in [1.807, 2.05) is 11.9 Å². The number of amides is 1. The molecule has 6 heteroatoms. The lowest BCUT2D eigenvalue weighted by molar-refractivity contribution is 0.0683. The SMILES string of the molecule is Cc1ccc2nc(C3CC3)cc(C(=O)N(C)C3CC4CCC(C3)N4)c2c1.Cl.Cl. The number of nitrogens with zero attached hydrogens (tertiary/aromatic N) is 2. The molecule has 2 unspecified atom stereocenters. The third kappa shape index (κ3) is 3.87. The molecule has 28 heavy (non-hydrogen) atoms. The molecule has 1 saturated carbocycles. The summed E-state index contributed by atoms with van der Waals surface area (Å²) in [6.45, 7) is 2.08. The molecule has 1 aromatic carbocycles. The van der Waals surface area contributed by atoms with Crippen LogP contribution in [0.1, 0.15) is 66.1 Å². The summed E-state index contributed by atoms with van der Waals surface area (Å²) < 4.78 is 0. The zero-order valence-electron chi connectivity index (χ0n) is 16.5. The molecule has 2 bridgehead atoms. The van der Waals surface area contributed by atoms with Crippen LogP contribution >= 0.6 is 24.8 Å². The summed E-state index contributed by atoms with van der Waals surface area (Å²) in [6.07, 6.45) is 7.07. The van der Waals surface area contributed by atoms with Gasteiger partial charge in [0.1, 0.15) is 0 Å². The highest BCUT2D eigenvalue weighted by atomic mass is 35.5. The standard InChI is InChI=1S/C22H27N3O.2ClH/c1-13-3-8-20-18(9-13)19(12-21(24-20)14-4-5-14)22(26)25(2)17-10-15-6-7-16(11-17)23-15;;/h3,8-9,12,14-17,23H,4-7,10-11H2,1-2H3;2*1H. The van der Waals surface area contributed by atoms with Crippen LogP contribution in [0.15, 0.2) is 24.3 Å². The Kier molecular flexibility index (Phi) is 6.23. The average Bonchev–Trinajstić information content (AvgIpc) is 3.44. The predicted molar refractivity (Wildman–Crippen MR) is 118 cm³/mol. The van der Waals surface area contributed by atoms with Crippen LogP contribution in [0.5, 0.6) is 0 Å². The van der Waals surface area contributed by atoms with Crippen molar-refractivity contribution < 1.29 is 4.79 Å². The number of hydrogen-bond acceptors (Lipinski definition) is 3. The second kappa shape index (κ2) is 8.17. The molecule has 1 N–H and O–H groups in total. The third-order valence-electron chi connectivity index (χ3n) is 6.53. The van der Waals surface area contributed by atoms with E-state index in [4.69, 9.17) is 4.98 Å². The lowest BCUT2D eigenvalue weighted by Gasteiger charge is -2.35. The van der Waals surface area contributed by atoms with Crippen LogP contribution in [0.3, 0.4) is 0 Å². The van der Waals surface area contributed by atoms with Crippen molar-refractivity contribution >= 4 is 41.6 Å². The minimum absolute atomic E-state index is 0. The Hall–Kier alpha value is -1.36. The number of benzene rings is 1. The zero-order chi connectivity index (χ0) is 17.8. The van der Waals surface area contributed by atoms with Gasteiger partial charge in [-0.25, -0.2) is 0 Å². The largest absolute Gasteiger partial charge is 0.339 e. The average molecular weight is 422 g/mol. The van der Waals surface area contributed by atoms with Crippen molar-refractivity contribution in [1.82, 2.24) is 15.2 Å². The highest BCUT2D eigenvalue weighted by molar-refractivity contribution is 6.06. The number of piperidine rings is 1. The van der Waals surface area contributed by atoms with Crippen LogP contribution in [-0.2, 0) is 0 Å². The number of fused-ring (bicyclic) bond motifs is 3. The summed E-state index contributed by atoms with van der Waals surface area (Å²) in [5, 5.41) is 4.68. The molecule has 3 heterocycles. The Balaban J connectivity index is 0.00000112. The molecule has 0 radical (unpaired) electrons. The molecular formula is C22H29Cl2N3O. The molecule has 4 nitrogen and oxygen atoms in total. The topological polar surface area (TPSA) is 45.2 Å². The number of aryl methyl sites for hydroxylation is 1. The van der Waals surface area contributed by atoms with Crippen LogP contribution in [0, 0.1) is 6.92 Å². The number of nitrogens with one attached hydrogen (secondary N) is 1. The lowest BCUT2D eigenvalue weighted by atomic mass is 9.97. The van der Waals surface area contributed by atoms with Crippen molar-refractivity contribution in [3.8, 4) is 0 Å². The first-order valence-electron chi connectivity index (χ1n) is 10.0. The van der Waals surface area contributed by atoms with E-state index in [1.54, 1.807) is 0 Å². The fraction of sp³-hybridized carbons (Fsp3) is 0.545. The molecule has 2 aliphatic heterocycles. The molecule has 0 spiro atoms. The minimum atomic E-state index is 0. The fourth-order valence-corrected chi connectivity index (χ4v) is 4.82. The van der Waals surface area contributed by atoms with E-state index in [2.05, 4.69) is 36.5 Å². The van der Waals surface area contributed by atoms with E-state index in [9.17, 15) is 4.79 Å². The van der Waals surface area contributed by atoms with Gasteiger partial charge in [0.25, 0.3) is 5.91 Å². The highest BCUT2D eigenvalue weighted by Crippen LogP contribution is 2.40. The van der Waals surface area contributed by atoms with Gasteiger partial charge in [0.2, 0.25) is 0 Å². The van der Waals surface area contributed by atoms with Gasteiger partial charge in [0, 0.05) is 42.2 Å². The van der Waals surface area contributed by atoms with Crippen LogP contribution < -0.4 is 5.32 Å². The number of aromatic nitrogens is 1. The second-order valence-corrected chi connectivity index (χ2v) is 8.57. The van der Waals surface area contributed by atoms with E-state index >= 15 is 0 Å². The van der Waals surface area contributed by atoms with Gasteiger partial charge in [-0.15, -0.1) is 24.8 Å². The van der Waals surface area contributed by atoms with Gasteiger partial charge >= 0.3 is 0 Å². The highest BCUT2D eigenvalue weighted by Gasteiger charge is 2.37. The predicted octanol–water partition coefficient (Wildman–Crippen LogP) is 4.62. The number of hydrogen-bond donors (Lipinski definition) is 1. The maximum Gasteiger partial charge on any atom is 0.254 e. The maximum absolute atomic E-state index is 13.5. The van der Waals surface area contributed by atoms with E-state index in [-0.39, 0.29) is 30.7 Å². The van der Waals surface area contributed by atoms with Gasteiger partial charge in [-0.05, 0) is 63.6 Å². The van der Waals surface area contributed by atoms with Crippen molar-refractivity contribution in [3.05, 3.63) is 41.1 Å². The third-order valence-corrected chi connectivity index (χ3v) is 6.53. The van der Waals surface area contributed by atoms with Crippen LogP contribution in [0.25, 0.3) is 10.9 Å². The van der Waals surface area contributed by atoms with Gasteiger partial charge in [0.15, 0.2) is 0 Å². The summed E-state index contributed by atoms with van der Waals surface area (Å²) in [7, 11) is 2.00. The Morgan fingerprint density at radius 2 is 1.75 bits per heavy atom. The first kappa shape index (κ1) is 21.4. The number of carbonyl (C=O) groups is 1. The number of rotatable bonds is 3. The first-order valence-corrected chi connectivity index (χ1v) is 10.0. The van der Waals surface area contributed by atoms with Gasteiger partial charge in [0.05, 0.1) is 11.1 Å². The fourth-order valence-electron chi connectivity index (χ4n) is 4.82. The lowest BCUT2D eigenvalue weighted by Crippen LogP contribution is -2.48. The molecule has 2 atom stereocenters. The molecule has 152 valence electrons. The molecular weight excluding hydrogens is 393 g/mol. The Labute approximate surface area is 179 Å². The first-order chi connectivity index (χ1) is 12.6. The summed E-state index contributed by atoms with van der Waals surface area (Å²) in [4.78, 5) is 20.3. The van der Waals surface area contributed by atoms with Crippen molar-refractivity contribution in [2.24, 2.45) is 0 Å². The van der Waals surface area contributed by atoms with Gasteiger partial charge in [-0.2, -0.15) is 0 Å². The molecule has 2 aromatic rings. The summed E-state index contributed by atoms with van der Waals surface area (Å²) in [5.41, 5.74) is 4.08. The van der Waals surface area contributed by atoms with E-state index in [0.29, 0.717) is 24.0 Å². The minimum Gasteiger partial charge on any atom is -0.339 e.